The number of amides is 1. The average molecular weight is 446 g/mol. The van der Waals surface area contributed by atoms with Crippen molar-refractivity contribution in [1.82, 2.24) is 16.0 Å². The van der Waals surface area contributed by atoms with Gasteiger partial charge >= 0.3 is 0 Å². The average Bonchev–Trinajstić information content (AvgIpc) is 2.53. The summed E-state index contributed by atoms with van der Waals surface area (Å²) in [7, 11) is 0. The Morgan fingerprint density at radius 3 is 2.38 bits per heavy atom. The zero-order valence-electron chi connectivity index (χ0n) is 15.3. The maximum absolute atomic E-state index is 11.9. The summed E-state index contributed by atoms with van der Waals surface area (Å²) in [5.41, 5.74) is 1.69. The monoisotopic (exact) mass is 446 g/mol. The molecule has 136 valence electrons. The van der Waals surface area contributed by atoms with E-state index in [1.165, 1.54) is 0 Å². The molecule has 0 saturated carbocycles. The van der Waals surface area contributed by atoms with Crippen molar-refractivity contribution < 1.29 is 4.79 Å². The third-order valence-electron chi connectivity index (χ3n) is 3.65. The van der Waals surface area contributed by atoms with Gasteiger partial charge in [0.25, 0.3) is 5.91 Å². The zero-order valence-corrected chi connectivity index (χ0v) is 17.7. The van der Waals surface area contributed by atoms with Gasteiger partial charge < -0.3 is 16.0 Å². The van der Waals surface area contributed by atoms with Crippen molar-refractivity contribution >= 4 is 35.8 Å². The molecule has 24 heavy (non-hydrogen) atoms. The fourth-order valence-corrected chi connectivity index (χ4v) is 1.95. The highest BCUT2D eigenvalue weighted by atomic mass is 127. The lowest BCUT2D eigenvalue weighted by molar-refractivity contribution is 0.0955. The van der Waals surface area contributed by atoms with Crippen molar-refractivity contribution in [3.05, 3.63) is 35.4 Å². The van der Waals surface area contributed by atoms with E-state index < -0.39 is 0 Å². The zero-order chi connectivity index (χ0) is 17.2. The minimum Gasteiger partial charge on any atom is -0.357 e. The van der Waals surface area contributed by atoms with Crippen molar-refractivity contribution in [3.8, 4) is 0 Å². The molecule has 0 saturated heterocycles. The number of nitrogens with one attached hydrogen (secondary N) is 3. The van der Waals surface area contributed by atoms with Crippen LogP contribution in [0, 0.1) is 5.92 Å². The Hall–Kier alpha value is -1.31. The molecular weight excluding hydrogens is 415 g/mol. The molecule has 1 atom stereocenters. The normalized spacial score (nSPS) is 12.3. The van der Waals surface area contributed by atoms with Crippen LogP contribution in [-0.2, 0) is 6.54 Å². The molecule has 0 bridgehead atoms. The minimum absolute atomic E-state index is 0. The van der Waals surface area contributed by atoms with Gasteiger partial charge in [0.15, 0.2) is 5.96 Å². The highest BCUT2D eigenvalue weighted by Crippen LogP contribution is 2.07. The summed E-state index contributed by atoms with van der Waals surface area (Å²) in [6.07, 6.45) is 0. The Kier molecular flexibility index (Phi) is 11.4. The molecule has 1 aromatic carbocycles. The van der Waals surface area contributed by atoms with Gasteiger partial charge in [0, 0.05) is 24.7 Å². The second-order valence-corrected chi connectivity index (χ2v) is 5.93. The predicted molar refractivity (Wildman–Crippen MR) is 112 cm³/mol. The van der Waals surface area contributed by atoms with Crippen LogP contribution in [0.15, 0.2) is 29.3 Å². The highest BCUT2D eigenvalue weighted by molar-refractivity contribution is 14.0. The first kappa shape index (κ1) is 22.7. The summed E-state index contributed by atoms with van der Waals surface area (Å²) < 4.78 is 0. The third kappa shape index (κ3) is 7.99. The number of halogens is 1. The van der Waals surface area contributed by atoms with Crippen molar-refractivity contribution in [2.45, 2.75) is 47.2 Å². The van der Waals surface area contributed by atoms with E-state index in [4.69, 9.17) is 0 Å². The Morgan fingerprint density at radius 1 is 1.12 bits per heavy atom. The maximum atomic E-state index is 11.9. The molecule has 0 fully saturated rings. The molecule has 1 amide bonds. The molecule has 0 aliphatic carbocycles. The van der Waals surface area contributed by atoms with Gasteiger partial charge in [0.1, 0.15) is 0 Å². The number of benzene rings is 1. The molecule has 6 heteroatoms. The molecular formula is C18H31IN4O. The van der Waals surface area contributed by atoms with Gasteiger partial charge in [-0.25, -0.2) is 4.99 Å². The number of hydrogen-bond donors (Lipinski definition) is 3. The Balaban J connectivity index is 0.00000529. The smallest absolute Gasteiger partial charge is 0.251 e. The second-order valence-electron chi connectivity index (χ2n) is 5.93. The van der Waals surface area contributed by atoms with Crippen LogP contribution in [0.25, 0.3) is 0 Å². The van der Waals surface area contributed by atoms with E-state index in [0.29, 0.717) is 30.6 Å². The molecule has 0 aromatic heterocycles. The van der Waals surface area contributed by atoms with Crippen molar-refractivity contribution in [3.63, 3.8) is 0 Å². The van der Waals surface area contributed by atoms with Crippen LogP contribution in [0.2, 0.25) is 0 Å². The largest absolute Gasteiger partial charge is 0.357 e. The number of carbonyl (C=O) groups is 1. The van der Waals surface area contributed by atoms with Gasteiger partial charge in [-0.15, -0.1) is 24.0 Å². The molecule has 1 rings (SSSR count). The van der Waals surface area contributed by atoms with Crippen LogP contribution in [0.5, 0.6) is 0 Å². The fourth-order valence-electron chi connectivity index (χ4n) is 1.95. The summed E-state index contributed by atoms with van der Waals surface area (Å²) in [5.74, 6) is 1.29. The van der Waals surface area contributed by atoms with Gasteiger partial charge in [0.05, 0.1) is 6.54 Å². The van der Waals surface area contributed by atoms with Crippen LogP contribution < -0.4 is 16.0 Å². The Labute approximate surface area is 163 Å². The minimum atomic E-state index is -0.0446. The molecule has 0 heterocycles. The molecule has 0 radical (unpaired) electrons. The van der Waals surface area contributed by atoms with Crippen LogP contribution in [0.3, 0.4) is 0 Å². The van der Waals surface area contributed by atoms with Crippen LogP contribution >= 0.6 is 24.0 Å². The summed E-state index contributed by atoms with van der Waals surface area (Å²) in [5, 5.41) is 9.47. The van der Waals surface area contributed by atoms with E-state index in [1.54, 1.807) is 0 Å². The number of hydrogen-bond acceptors (Lipinski definition) is 2. The summed E-state index contributed by atoms with van der Waals surface area (Å²) in [6.45, 7) is 12.4. The first-order chi connectivity index (χ1) is 11.0. The van der Waals surface area contributed by atoms with Gasteiger partial charge in [-0.2, -0.15) is 0 Å². The van der Waals surface area contributed by atoms with E-state index in [-0.39, 0.29) is 29.9 Å². The lowest BCUT2D eigenvalue weighted by Gasteiger charge is -2.20. The van der Waals surface area contributed by atoms with Crippen molar-refractivity contribution in [1.29, 1.82) is 0 Å². The molecule has 0 spiro atoms. The number of carbonyl (C=O) groups excluding carboxylic acids is 1. The van der Waals surface area contributed by atoms with Gasteiger partial charge in [-0.3, -0.25) is 4.79 Å². The van der Waals surface area contributed by atoms with Crippen LogP contribution in [0.4, 0.5) is 0 Å². The topological polar surface area (TPSA) is 65.5 Å². The number of guanidine groups is 1. The number of nitrogens with zero attached hydrogens (tertiary/aromatic N) is 1. The van der Waals surface area contributed by atoms with Gasteiger partial charge in [-0.05, 0) is 44.4 Å². The van der Waals surface area contributed by atoms with Crippen molar-refractivity contribution in [2.75, 3.05) is 13.1 Å². The molecule has 3 N–H and O–H groups in total. The van der Waals surface area contributed by atoms with Crippen LogP contribution in [0.1, 0.15) is 50.5 Å². The second kappa shape index (κ2) is 12.1. The predicted octanol–water partition coefficient (Wildman–Crippen LogP) is 3.15. The van der Waals surface area contributed by atoms with Gasteiger partial charge in [0.2, 0.25) is 0 Å². The molecule has 0 aliphatic rings. The Morgan fingerprint density at radius 2 is 1.79 bits per heavy atom. The Bertz CT molecular complexity index is 532. The quantitative estimate of drug-likeness (QED) is 0.343. The lowest BCUT2D eigenvalue weighted by Crippen LogP contribution is -2.44. The molecule has 5 nitrogen and oxygen atoms in total. The first-order valence-corrected chi connectivity index (χ1v) is 8.39. The molecule has 1 aromatic rings. The molecule has 0 aliphatic heterocycles. The van der Waals surface area contributed by atoms with E-state index in [9.17, 15) is 4.79 Å². The highest BCUT2D eigenvalue weighted by Gasteiger charge is 2.09. The van der Waals surface area contributed by atoms with Crippen LogP contribution in [-0.4, -0.2) is 31.0 Å². The summed E-state index contributed by atoms with van der Waals surface area (Å²) in [6, 6.07) is 7.94. The fraction of sp³-hybridized carbons (Fsp3) is 0.556. The summed E-state index contributed by atoms with van der Waals surface area (Å²) in [4.78, 5) is 16.5. The number of aliphatic imine (C=N–C) groups is 1. The SMILES string of the molecule is CCNC(=O)c1cccc(CN=C(NCC)NC(C)C(C)C)c1.I. The van der Waals surface area contributed by atoms with Crippen molar-refractivity contribution in [2.24, 2.45) is 10.9 Å². The molecule has 1 unspecified atom stereocenters. The lowest BCUT2D eigenvalue weighted by atomic mass is 10.1. The van der Waals surface area contributed by atoms with E-state index in [1.807, 2.05) is 38.1 Å². The van der Waals surface area contributed by atoms with Gasteiger partial charge in [-0.1, -0.05) is 26.0 Å². The van der Waals surface area contributed by atoms with E-state index >= 15 is 0 Å². The first-order valence-electron chi connectivity index (χ1n) is 8.39. The summed E-state index contributed by atoms with van der Waals surface area (Å²) >= 11 is 0. The standard InChI is InChI=1S/C18H30N4O.HI/c1-6-19-17(23)16-10-8-9-15(11-16)12-21-18(20-7-2)22-14(5)13(3)4;/h8-11,13-14H,6-7,12H2,1-5H3,(H,19,23)(H2,20,21,22);1H. The van der Waals surface area contributed by atoms with E-state index in [2.05, 4.69) is 41.7 Å². The maximum Gasteiger partial charge on any atom is 0.251 e. The number of rotatable bonds is 7. The van der Waals surface area contributed by atoms with E-state index in [0.717, 1.165) is 18.1 Å². The third-order valence-corrected chi connectivity index (χ3v) is 3.65.